The molecule has 2 amide bonds. The van der Waals surface area contributed by atoms with Crippen LogP contribution < -0.4 is 0 Å². The van der Waals surface area contributed by atoms with Crippen LogP contribution in [0, 0.1) is 0 Å². The third kappa shape index (κ3) is 3.76. The lowest BCUT2D eigenvalue weighted by Gasteiger charge is -2.21. The van der Waals surface area contributed by atoms with Crippen LogP contribution in [0.15, 0.2) is 41.4 Å². The number of hydrogen-bond acceptors (Lipinski definition) is 2. The molecule has 1 aliphatic rings. The highest BCUT2D eigenvalue weighted by Gasteiger charge is 2.29. The number of rotatable bonds is 2. The van der Waals surface area contributed by atoms with E-state index in [2.05, 4.69) is 0 Å². The zero-order chi connectivity index (χ0) is 16.3. The molecule has 0 atom stereocenters. The second-order valence-electron chi connectivity index (χ2n) is 4.59. The Morgan fingerprint density at radius 1 is 1.23 bits per heavy atom. The molecule has 1 aromatic carbocycles. The van der Waals surface area contributed by atoms with Crippen LogP contribution in [-0.4, -0.2) is 23.3 Å². The first kappa shape index (κ1) is 16.3. The molecule has 7 heteroatoms. The lowest BCUT2D eigenvalue weighted by molar-refractivity contribution is -0.139. The quantitative estimate of drug-likeness (QED) is 0.777. The van der Waals surface area contributed by atoms with Crippen LogP contribution in [-0.2, 0) is 15.8 Å². The number of nitrogens with zero attached hydrogens (tertiary/aromatic N) is 1. The average molecular weight is 330 g/mol. The lowest BCUT2D eigenvalue weighted by atomic mass is 10.1. The molecule has 116 valence electrons. The van der Waals surface area contributed by atoms with Crippen molar-refractivity contribution in [3.63, 3.8) is 0 Å². The number of imide groups is 1. The van der Waals surface area contributed by atoms with Crippen molar-refractivity contribution < 1.29 is 22.8 Å². The van der Waals surface area contributed by atoms with Crippen molar-refractivity contribution in [1.82, 2.24) is 4.90 Å². The predicted molar refractivity (Wildman–Crippen MR) is 75.8 cm³/mol. The third-order valence-corrected chi connectivity index (χ3v) is 3.36. The Morgan fingerprint density at radius 3 is 2.45 bits per heavy atom. The molecule has 0 bridgehead atoms. The van der Waals surface area contributed by atoms with Crippen molar-refractivity contribution in [2.24, 2.45) is 0 Å². The topological polar surface area (TPSA) is 37.4 Å². The predicted octanol–water partition coefficient (Wildman–Crippen LogP) is 3.60. The Hall–Kier alpha value is -2.08. The molecular weight excluding hydrogens is 319 g/mol. The fourth-order valence-electron chi connectivity index (χ4n) is 1.89. The summed E-state index contributed by atoms with van der Waals surface area (Å²) in [5, 5.41) is -0.0115. The molecule has 3 nitrogen and oxygen atoms in total. The maximum Gasteiger partial charge on any atom is 0.416 e. The highest BCUT2D eigenvalue weighted by molar-refractivity contribution is 6.43. The van der Waals surface area contributed by atoms with E-state index < -0.39 is 23.6 Å². The number of benzene rings is 1. The second kappa shape index (κ2) is 6.36. The second-order valence-corrected chi connectivity index (χ2v) is 5.00. The van der Waals surface area contributed by atoms with Crippen molar-refractivity contribution in [3.8, 4) is 0 Å². The van der Waals surface area contributed by atoms with Gasteiger partial charge in [-0.15, -0.1) is 0 Å². The summed E-state index contributed by atoms with van der Waals surface area (Å²) in [6.07, 6.45) is 0.0943. The van der Waals surface area contributed by atoms with Crippen LogP contribution in [0.5, 0.6) is 0 Å². The largest absolute Gasteiger partial charge is 0.416 e. The van der Waals surface area contributed by atoms with E-state index in [0.717, 1.165) is 23.1 Å². The molecule has 1 aromatic rings. The fourth-order valence-corrected chi connectivity index (χ4v) is 2.10. The van der Waals surface area contributed by atoms with E-state index in [-0.39, 0.29) is 11.6 Å². The van der Waals surface area contributed by atoms with E-state index in [9.17, 15) is 22.8 Å². The Bertz CT molecular complexity index is 648. The Morgan fingerprint density at radius 2 is 1.86 bits per heavy atom. The smallest absolute Gasteiger partial charge is 0.274 e. The van der Waals surface area contributed by atoms with Crippen LogP contribution in [0.4, 0.5) is 13.2 Å². The summed E-state index contributed by atoms with van der Waals surface area (Å²) in [7, 11) is 0. The fraction of sp³-hybridized carbons (Fsp3) is 0.200. The van der Waals surface area contributed by atoms with E-state index in [1.807, 2.05) is 0 Å². The molecule has 2 rings (SSSR count). The number of alkyl halides is 3. The molecule has 0 aromatic heterocycles. The van der Waals surface area contributed by atoms with Gasteiger partial charge in [0.2, 0.25) is 0 Å². The van der Waals surface area contributed by atoms with Gasteiger partial charge in [0.1, 0.15) is 5.03 Å². The van der Waals surface area contributed by atoms with Crippen LogP contribution in [0.25, 0.3) is 6.08 Å². The van der Waals surface area contributed by atoms with Crippen molar-refractivity contribution in [3.05, 3.63) is 52.6 Å². The molecule has 0 saturated carbocycles. The molecule has 0 N–H and O–H groups in total. The number of halogens is 4. The Kier molecular flexibility index (Phi) is 4.71. The molecule has 0 unspecified atom stereocenters. The Balaban J connectivity index is 2.07. The van der Waals surface area contributed by atoms with Gasteiger partial charge < -0.3 is 0 Å². The first-order valence-corrected chi connectivity index (χ1v) is 6.73. The van der Waals surface area contributed by atoms with Crippen LogP contribution in [0.1, 0.15) is 17.5 Å². The first-order chi connectivity index (χ1) is 10.3. The summed E-state index contributed by atoms with van der Waals surface area (Å²) in [5.74, 6) is -1.13. The van der Waals surface area contributed by atoms with Crippen molar-refractivity contribution in [1.29, 1.82) is 0 Å². The van der Waals surface area contributed by atoms with Crippen molar-refractivity contribution in [2.75, 3.05) is 6.54 Å². The molecular formula is C15H11ClF3NO2. The van der Waals surface area contributed by atoms with Crippen LogP contribution in [0.3, 0.4) is 0 Å². The third-order valence-electron chi connectivity index (χ3n) is 3.05. The number of carbonyl (C=O) groups is 2. The minimum absolute atomic E-state index is 0.0115. The van der Waals surface area contributed by atoms with Gasteiger partial charge in [-0.1, -0.05) is 29.8 Å². The van der Waals surface area contributed by atoms with E-state index in [1.54, 1.807) is 0 Å². The van der Waals surface area contributed by atoms with Crippen LogP contribution in [0.2, 0.25) is 0 Å². The minimum atomic E-state index is -4.40. The summed E-state index contributed by atoms with van der Waals surface area (Å²) in [6, 6.07) is 4.35. The summed E-state index contributed by atoms with van der Waals surface area (Å²) < 4.78 is 37.3. The zero-order valence-corrected chi connectivity index (χ0v) is 12.0. The van der Waals surface area contributed by atoms with E-state index in [4.69, 9.17) is 11.6 Å². The molecule has 0 fully saturated rings. The van der Waals surface area contributed by atoms with E-state index in [0.29, 0.717) is 12.0 Å². The number of amides is 2. The molecule has 1 heterocycles. The zero-order valence-electron chi connectivity index (χ0n) is 11.2. The maximum absolute atomic E-state index is 12.4. The summed E-state index contributed by atoms with van der Waals surface area (Å²) in [6.45, 7) is 0.227. The highest BCUT2D eigenvalue weighted by Crippen LogP contribution is 2.29. The van der Waals surface area contributed by atoms with Gasteiger partial charge in [-0.25, -0.2) is 0 Å². The van der Waals surface area contributed by atoms with Crippen molar-refractivity contribution >= 4 is 29.5 Å². The summed E-state index contributed by atoms with van der Waals surface area (Å²) in [4.78, 5) is 24.6. The van der Waals surface area contributed by atoms with Gasteiger partial charge in [0.15, 0.2) is 0 Å². The standard InChI is InChI=1S/C15H11ClF3NO2/c16-12-2-1-9-20(14(12)22)13(21)8-5-10-3-6-11(7-4-10)15(17,18)19/h2-8H,1,9H2/b8-5+. The number of carbonyl (C=O) groups excluding carboxylic acids is 2. The maximum atomic E-state index is 12.4. The molecule has 22 heavy (non-hydrogen) atoms. The minimum Gasteiger partial charge on any atom is -0.274 e. The van der Waals surface area contributed by atoms with Crippen LogP contribution >= 0.6 is 11.6 Å². The highest BCUT2D eigenvalue weighted by atomic mass is 35.5. The first-order valence-electron chi connectivity index (χ1n) is 6.36. The Labute approximate surface area is 129 Å². The normalized spacial score (nSPS) is 16.1. The molecule has 0 radical (unpaired) electrons. The van der Waals surface area contributed by atoms with Gasteiger partial charge in [0.25, 0.3) is 11.8 Å². The molecule has 0 saturated heterocycles. The molecule has 0 aliphatic carbocycles. The summed E-state index contributed by atoms with van der Waals surface area (Å²) in [5.41, 5.74) is -0.341. The van der Waals surface area contributed by atoms with Gasteiger partial charge in [0.05, 0.1) is 5.56 Å². The van der Waals surface area contributed by atoms with E-state index in [1.165, 1.54) is 24.3 Å². The molecule has 0 spiro atoms. The lowest BCUT2D eigenvalue weighted by Crippen LogP contribution is -2.38. The van der Waals surface area contributed by atoms with E-state index >= 15 is 0 Å². The monoisotopic (exact) mass is 329 g/mol. The summed E-state index contributed by atoms with van der Waals surface area (Å²) >= 11 is 5.67. The van der Waals surface area contributed by atoms with Gasteiger partial charge in [-0.3, -0.25) is 14.5 Å². The van der Waals surface area contributed by atoms with Gasteiger partial charge in [-0.2, -0.15) is 13.2 Å². The van der Waals surface area contributed by atoms with Gasteiger partial charge in [0, 0.05) is 12.6 Å². The van der Waals surface area contributed by atoms with Gasteiger partial charge >= 0.3 is 6.18 Å². The SMILES string of the molecule is O=C(/C=C/c1ccc(C(F)(F)F)cc1)N1CCC=C(Cl)C1=O. The average Bonchev–Trinajstić information content (AvgIpc) is 2.47. The molecule has 1 aliphatic heterocycles. The van der Waals surface area contributed by atoms with Gasteiger partial charge in [-0.05, 0) is 30.2 Å². The number of hydrogen-bond donors (Lipinski definition) is 0. The van der Waals surface area contributed by atoms with Crippen molar-refractivity contribution in [2.45, 2.75) is 12.6 Å².